The summed E-state index contributed by atoms with van der Waals surface area (Å²) in [5.41, 5.74) is 3.52. The molecule has 2 rings (SSSR count). The van der Waals surface area contributed by atoms with Crippen LogP contribution in [0.2, 0.25) is 0 Å². The highest BCUT2D eigenvalue weighted by atomic mass is 16.5. The van der Waals surface area contributed by atoms with Crippen molar-refractivity contribution in [3.05, 3.63) is 65.2 Å². The number of hydrogen-bond acceptors (Lipinski definition) is 1. The van der Waals surface area contributed by atoms with Crippen LogP contribution >= 0.6 is 0 Å². The number of unbranched alkanes of at least 4 members (excludes halogenated alkanes) is 3. The Labute approximate surface area is 165 Å². The number of ether oxygens (including phenoxy) is 1. The van der Waals surface area contributed by atoms with E-state index in [1.165, 1.54) is 31.2 Å². The fourth-order valence-corrected chi connectivity index (χ4v) is 2.64. The van der Waals surface area contributed by atoms with E-state index in [1.807, 2.05) is 24.3 Å². The zero-order valence-electron chi connectivity index (χ0n) is 16.7. The molecule has 27 heavy (non-hydrogen) atoms. The summed E-state index contributed by atoms with van der Waals surface area (Å²) in [6.45, 7) is 5.10. The van der Waals surface area contributed by atoms with Crippen LogP contribution in [0.5, 0.6) is 5.75 Å². The number of rotatable bonds is 8. The fraction of sp³-hybridized carbons (Fsp3) is 0.385. The van der Waals surface area contributed by atoms with E-state index in [0.29, 0.717) is 0 Å². The minimum Gasteiger partial charge on any atom is -0.494 e. The third kappa shape index (κ3) is 8.52. The Morgan fingerprint density at radius 2 is 1.30 bits per heavy atom. The molecule has 0 aliphatic heterocycles. The van der Waals surface area contributed by atoms with Crippen molar-refractivity contribution in [1.82, 2.24) is 0 Å². The third-order valence-electron chi connectivity index (χ3n) is 4.19. The van der Waals surface area contributed by atoms with Gasteiger partial charge >= 0.3 is 0 Å². The van der Waals surface area contributed by atoms with Crippen LogP contribution in [0, 0.1) is 23.7 Å². The number of aryl methyl sites for hydroxylation is 1. The first-order valence-electron chi connectivity index (χ1n) is 10.1. The van der Waals surface area contributed by atoms with Crippen molar-refractivity contribution in [2.45, 2.75) is 58.8 Å². The van der Waals surface area contributed by atoms with Gasteiger partial charge in [0.2, 0.25) is 0 Å². The molecular formula is C26H30O. The smallest absolute Gasteiger partial charge is 0.119 e. The van der Waals surface area contributed by atoms with Gasteiger partial charge in [0, 0.05) is 24.0 Å². The van der Waals surface area contributed by atoms with Gasteiger partial charge in [-0.2, -0.15) is 0 Å². The first kappa shape index (κ1) is 20.7. The zero-order valence-corrected chi connectivity index (χ0v) is 16.7. The second-order valence-corrected chi connectivity index (χ2v) is 6.63. The first-order chi connectivity index (χ1) is 13.3. The topological polar surface area (TPSA) is 9.23 Å². The molecule has 140 valence electrons. The first-order valence-corrected chi connectivity index (χ1v) is 10.1. The van der Waals surface area contributed by atoms with Gasteiger partial charge in [-0.25, -0.2) is 0 Å². The normalized spacial score (nSPS) is 9.70. The van der Waals surface area contributed by atoms with Gasteiger partial charge in [0.1, 0.15) is 5.75 Å². The maximum atomic E-state index is 5.57. The van der Waals surface area contributed by atoms with Gasteiger partial charge in [0.25, 0.3) is 0 Å². The van der Waals surface area contributed by atoms with Gasteiger partial charge in [0.05, 0.1) is 6.61 Å². The molecule has 2 aromatic carbocycles. The fourth-order valence-electron chi connectivity index (χ4n) is 2.64. The predicted molar refractivity (Wildman–Crippen MR) is 115 cm³/mol. The molecule has 0 amide bonds. The van der Waals surface area contributed by atoms with Crippen molar-refractivity contribution in [2.75, 3.05) is 6.61 Å². The van der Waals surface area contributed by atoms with E-state index in [4.69, 9.17) is 4.74 Å². The van der Waals surface area contributed by atoms with E-state index in [9.17, 15) is 0 Å². The largest absolute Gasteiger partial charge is 0.494 e. The molecule has 0 saturated carbocycles. The molecule has 0 heterocycles. The van der Waals surface area contributed by atoms with Gasteiger partial charge in [-0.3, -0.25) is 0 Å². The minimum atomic E-state index is 0.755. The zero-order chi connectivity index (χ0) is 19.2. The summed E-state index contributed by atoms with van der Waals surface area (Å²) in [5, 5.41) is 0. The van der Waals surface area contributed by atoms with E-state index < -0.39 is 0 Å². The predicted octanol–water partition coefficient (Wildman–Crippen LogP) is 6.39. The van der Waals surface area contributed by atoms with E-state index in [1.54, 1.807) is 0 Å². The average molecular weight is 359 g/mol. The third-order valence-corrected chi connectivity index (χ3v) is 4.19. The molecule has 0 atom stereocenters. The molecule has 0 aliphatic rings. The summed E-state index contributed by atoms with van der Waals surface area (Å²) in [6.07, 6.45) is 7.62. The Bertz CT molecular complexity index is 777. The summed E-state index contributed by atoms with van der Waals surface area (Å²) in [6, 6.07) is 16.6. The highest BCUT2D eigenvalue weighted by Crippen LogP contribution is 2.12. The molecule has 2 aromatic rings. The molecule has 0 radical (unpaired) electrons. The van der Waals surface area contributed by atoms with Gasteiger partial charge in [0.15, 0.2) is 0 Å². The van der Waals surface area contributed by atoms with Gasteiger partial charge in [-0.1, -0.05) is 62.5 Å². The Hall–Kier alpha value is -2.64. The number of hydrogen-bond donors (Lipinski definition) is 0. The summed E-state index contributed by atoms with van der Waals surface area (Å²) >= 11 is 0. The van der Waals surface area contributed by atoms with Crippen LogP contribution in [0.1, 0.15) is 69.1 Å². The van der Waals surface area contributed by atoms with Gasteiger partial charge < -0.3 is 4.74 Å². The number of benzene rings is 2. The summed E-state index contributed by atoms with van der Waals surface area (Å²) in [5.74, 6) is 13.7. The molecule has 0 aliphatic carbocycles. The lowest BCUT2D eigenvalue weighted by Crippen LogP contribution is -1.94. The molecule has 0 saturated heterocycles. The Morgan fingerprint density at radius 1 is 0.704 bits per heavy atom. The SMILES string of the molecule is CCCCCc1ccc(C#CCCC#Cc2ccc(OCCC)cc2)cc1. The lowest BCUT2D eigenvalue weighted by atomic mass is 10.1. The Balaban J connectivity index is 1.73. The van der Waals surface area contributed by atoms with Crippen molar-refractivity contribution < 1.29 is 4.74 Å². The molecule has 0 unspecified atom stereocenters. The highest BCUT2D eigenvalue weighted by Gasteiger charge is 1.94. The van der Waals surface area contributed by atoms with Crippen molar-refractivity contribution in [1.29, 1.82) is 0 Å². The average Bonchev–Trinajstić information content (AvgIpc) is 2.71. The molecule has 0 bridgehead atoms. The quantitative estimate of drug-likeness (QED) is 0.392. The monoisotopic (exact) mass is 358 g/mol. The van der Waals surface area contributed by atoms with Crippen LogP contribution in [-0.4, -0.2) is 6.61 Å². The second kappa shape index (κ2) is 12.7. The molecular weight excluding hydrogens is 328 g/mol. The molecule has 0 aromatic heterocycles. The van der Waals surface area contributed by atoms with Gasteiger partial charge in [-0.15, -0.1) is 0 Å². The van der Waals surface area contributed by atoms with Crippen molar-refractivity contribution in [2.24, 2.45) is 0 Å². The van der Waals surface area contributed by atoms with Crippen LogP contribution < -0.4 is 4.74 Å². The summed E-state index contributed by atoms with van der Waals surface area (Å²) < 4.78 is 5.57. The second-order valence-electron chi connectivity index (χ2n) is 6.63. The lowest BCUT2D eigenvalue weighted by Gasteiger charge is -2.03. The van der Waals surface area contributed by atoms with Crippen molar-refractivity contribution in [3.63, 3.8) is 0 Å². The van der Waals surface area contributed by atoms with E-state index in [-0.39, 0.29) is 0 Å². The van der Waals surface area contributed by atoms with E-state index in [0.717, 1.165) is 42.7 Å². The summed E-state index contributed by atoms with van der Waals surface area (Å²) in [4.78, 5) is 0. The lowest BCUT2D eigenvalue weighted by molar-refractivity contribution is 0.317. The van der Waals surface area contributed by atoms with Crippen LogP contribution in [0.4, 0.5) is 0 Å². The molecule has 0 spiro atoms. The maximum absolute atomic E-state index is 5.57. The van der Waals surface area contributed by atoms with Crippen molar-refractivity contribution in [3.8, 4) is 29.4 Å². The van der Waals surface area contributed by atoms with Crippen LogP contribution in [-0.2, 0) is 6.42 Å². The molecule has 1 nitrogen and oxygen atoms in total. The van der Waals surface area contributed by atoms with Gasteiger partial charge in [-0.05, 0) is 61.2 Å². The molecule has 1 heteroatoms. The Morgan fingerprint density at radius 3 is 1.85 bits per heavy atom. The molecule has 0 fully saturated rings. The summed E-state index contributed by atoms with van der Waals surface area (Å²) in [7, 11) is 0. The maximum Gasteiger partial charge on any atom is 0.119 e. The molecule has 0 N–H and O–H groups in total. The van der Waals surface area contributed by atoms with Crippen LogP contribution in [0.25, 0.3) is 0 Å². The van der Waals surface area contributed by atoms with Crippen molar-refractivity contribution >= 4 is 0 Å². The minimum absolute atomic E-state index is 0.755. The van der Waals surface area contributed by atoms with E-state index in [2.05, 4.69) is 61.8 Å². The van der Waals surface area contributed by atoms with Crippen LogP contribution in [0.3, 0.4) is 0 Å². The Kier molecular flexibility index (Phi) is 9.70. The van der Waals surface area contributed by atoms with E-state index >= 15 is 0 Å². The van der Waals surface area contributed by atoms with Crippen LogP contribution in [0.15, 0.2) is 48.5 Å². The standard InChI is InChI=1S/C26H30O/c1-3-5-8-11-23-14-16-24(17-15-23)12-9-6-7-10-13-25-18-20-26(21-19-25)27-22-4-2/h14-21H,3-8,11,22H2,1-2H3. The highest BCUT2D eigenvalue weighted by molar-refractivity contribution is 5.39.